The summed E-state index contributed by atoms with van der Waals surface area (Å²) in [7, 11) is 0. The first kappa shape index (κ1) is 16.6. The van der Waals surface area contributed by atoms with Crippen LogP contribution in [0.4, 0.5) is 5.69 Å². The fraction of sp³-hybridized carbons (Fsp3) is 0.0625. The minimum atomic E-state index is -0.104. The van der Waals surface area contributed by atoms with Gasteiger partial charge in [0, 0.05) is 18.7 Å². The zero-order valence-electron chi connectivity index (χ0n) is 11.1. The molecule has 2 aromatic carbocycles. The smallest absolute Gasteiger partial charge is 0.256 e. The van der Waals surface area contributed by atoms with Gasteiger partial charge in [0.25, 0.3) is 5.91 Å². The summed E-state index contributed by atoms with van der Waals surface area (Å²) in [5.41, 5.74) is 1.48. The molecule has 0 bridgehead atoms. The highest BCUT2D eigenvalue weighted by Crippen LogP contribution is 2.28. The number of benzene rings is 2. The maximum Gasteiger partial charge on any atom is 0.256 e. The molecule has 0 heterocycles. The van der Waals surface area contributed by atoms with E-state index in [9.17, 15) is 4.79 Å². The van der Waals surface area contributed by atoms with Crippen molar-refractivity contribution in [2.75, 3.05) is 11.1 Å². The van der Waals surface area contributed by atoms with Gasteiger partial charge in [-0.2, -0.15) is 0 Å². The van der Waals surface area contributed by atoms with Crippen LogP contribution in [0.25, 0.3) is 0 Å². The summed E-state index contributed by atoms with van der Waals surface area (Å²) in [5.74, 6) is 0.703. The van der Waals surface area contributed by atoms with Gasteiger partial charge in [-0.15, -0.1) is 18.3 Å². The molecule has 0 unspecified atom stereocenters. The van der Waals surface area contributed by atoms with Gasteiger partial charge in [0.1, 0.15) is 0 Å². The summed E-state index contributed by atoms with van der Waals surface area (Å²) in [6, 6.07) is 13.5. The Morgan fingerprint density at radius 1 is 1.33 bits per heavy atom. The van der Waals surface area contributed by atoms with Crippen LogP contribution in [-0.2, 0) is 0 Å². The minimum Gasteiger partial charge on any atom is -0.321 e. The number of carbonyl (C=O) groups is 1. The molecule has 108 valence electrons. The van der Waals surface area contributed by atoms with E-state index in [-0.39, 0.29) is 5.91 Å². The van der Waals surface area contributed by atoms with Crippen molar-refractivity contribution in [2.24, 2.45) is 0 Å². The molecule has 5 heteroatoms. The largest absolute Gasteiger partial charge is 0.321 e. The number of nitrogens with one attached hydrogen (secondary N) is 1. The lowest BCUT2D eigenvalue weighted by Gasteiger charge is -2.11. The lowest BCUT2D eigenvalue weighted by molar-refractivity contribution is 0.102. The van der Waals surface area contributed by atoms with Crippen LogP contribution in [-0.4, -0.2) is 11.7 Å². The first-order valence-electron chi connectivity index (χ1n) is 6.21. The quantitative estimate of drug-likeness (QED) is 0.348. The summed E-state index contributed by atoms with van der Waals surface area (Å²) in [6.07, 6.45) is 1.85. The molecule has 0 aliphatic heterocycles. The van der Waals surface area contributed by atoms with E-state index < -0.39 is 0 Å². The van der Waals surface area contributed by atoms with Crippen LogP contribution in [0.2, 0.25) is 0 Å². The maximum absolute atomic E-state index is 12.4. The predicted molar refractivity (Wildman–Crippen MR) is 102 cm³/mol. The van der Waals surface area contributed by atoms with Crippen molar-refractivity contribution in [3.05, 3.63) is 68.7 Å². The fourth-order valence-corrected chi connectivity index (χ4v) is 3.39. The van der Waals surface area contributed by atoms with Crippen molar-refractivity contribution < 1.29 is 4.79 Å². The Labute approximate surface area is 150 Å². The van der Waals surface area contributed by atoms with Crippen LogP contribution in [0.5, 0.6) is 0 Å². The Kier molecular flexibility index (Phi) is 6.32. The number of halogens is 2. The molecule has 1 amide bonds. The summed E-state index contributed by atoms with van der Waals surface area (Å²) < 4.78 is 1.81. The molecule has 0 atom stereocenters. The lowest BCUT2D eigenvalue weighted by Crippen LogP contribution is -2.14. The van der Waals surface area contributed by atoms with E-state index in [1.807, 2.05) is 48.5 Å². The monoisotopic (exact) mass is 473 g/mol. The molecule has 0 fully saturated rings. The molecular weight excluding hydrogens is 461 g/mol. The first-order valence-corrected chi connectivity index (χ1v) is 9.06. The lowest BCUT2D eigenvalue weighted by atomic mass is 10.2. The molecule has 0 aliphatic rings. The van der Waals surface area contributed by atoms with Gasteiger partial charge >= 0.3 is 0 Å². The molecule has 0 aliphatic carbocycles. The number of rotatable bonds is 5. The van der Waals surface area contributed by atoms with Crippen LogP contribution < -0.4 is 5.32 Å². The highest BCUT2D eigenvalue weighted by atomic mass is 127. The number of hydrogen-bond donors (Lipinski definition) is 1. The van der Waals surface area contributed by atoms with E-state index in [1.165, 1.54) is 0 Å². The van der Waals surface area contributed by atoms with Crippen molar-refractivity contribution in [1.29, 1.82) is 0 Å². The zero-order chi connectivity index (χ0) is 15.2. The first-order chi connectivity index (χ1) is 10.1. The Balaban J connectivity index is 2.23. The molecular formula is C16H13BrINOS. The molecule has 1 N–H and O–H groups in total. The van der Waals surface area contributed by atoms with Crippen LogP contribution in [0.15, 0.2) is 64.5 Å². The van der Waals surface area contributed by atoms with Gasteiger partial charge in [-0.1, -0.05) is 34.1 Å². The number of amides is 1. The Hall–Kier alpha value is -0.790. The number of carbonyl (C=O) groups excluding carboxylic acids is 1. The highest BCUT2D eigenvalue weighted by Gasteiger charge is 2.12. The minimum absolute atomic E-state index is 0.104. The average molecular weight is 474 g/mol. The summed E-state index contributed by atoms with van der Waals surface area (Å²) in [4.78, 5) is 13.5. The molecule has 2 aromatic rings. The molecule has 0 saturated heterocycles. The van der Waals surface area contributed by atoms with Crippen LogP contribution in [0.3, 0.4) is 0 Å². The summed E-state index contributed by atoms with van der Waals surface area (Å²) in [5, 5.41) is 2.98. The van der Waals surface area contributed by atoms with Gasteiger partial charge in [0.05, 0.1) is 11.3 Å². The van der Waals surface area contributed by atoms with Gasteiger partial charge < -0.3 is 5.32 Å². The Morgan fingerprint density at radius 2 is 2.10 bits per heavy atom. The second kappa shape index (κ2) is 8.00. The molecule has 2 rings (SSSR count). The number of thioether (sulfide) groups is 1. The summed E-state index contributed by atoms with van der Waals surface area (Å²) in [6.45, 7) is 3.72. The molecule has 0 saturated carbocycles. The number of hydrogen-bond acceptors (Lipinski definition) is 2. The van der Waals surface area contributed by atoms with Crippen molar-refractivity contribution >= 4 is 61.9 Å². The standard InChI is InChI=1S/C16H13BrINOS/c1-2-9-21-15-6-4-3-5-14(15)19-16(20)12-10-11(17)7-8-13(12)18/h2-8,10H,1,9H2,(H,19,20). The SMILES string of the molecule is C=CCSc1ccccc1NC(=O)c1cc(Br)ccc1I. The topological polar surface area (TPSA) is 29.1 Å². The van der Waals surface area contributed by atoms with Gasteiger partial charge in [0.2, 0.25) is 0 Å². The normalized spacial score (nSPS) is 10.2. The third-order valence-corrected chi connectivity index (χ3v) is 5.17. The van der Waals surface area contributed by atoms with Crippen molar-refractivity contribution in [2.45, 2.75) is 4.90 Å². The molecule has 21 heavy (non-hydrogen) atoms. The molecule has 0 aromatic heterocycles. The van der Waals surface area contributed by atoms with Crippen LogP contribution in [0, 0.1) is 3.57 Å². The van der Waals surface area contributed by atoms with E-state index >= 15 is 0 Å². The highest BCUT2D eigenvalue weighted by molar-refractivity contribution is 14.1. The van der Waals surface area contributed by atoms with E-state index in [0.29, 0.717) is 5.56 Å². The second-order valence-electron chi connectivity index (χ2n) is 4.17. The molecule has 0 spiro atoms. The Morgan fingerprint density at radius 3 is 2.86 bits per heavy atom. The van der Waals surface area contributed by atoms with Gasteiger partial charge in [0.15, 0.2) is 0 Å². The van der Waals surface area contributed by atoms with Crippen LogP contribution >= 0.6 is 50.3 Å². The van der Waals surface area contributed by atoms with Gasteiger partial charge in [-0.25, -0.2) is 0 Å². The second-order valence-corrected chi connectivity index (χ2v) is 7.31. The van der Waals surface area contributed by atoms with E-state index in [0.717, 1.165) is 24.4 Å². The van der Waals surface area contributed by atoms with E-state index in [2.05, 4.69) is 50.4 Å². The predicted octanol–water partition coefficient (Wildman–Crippen LogP) is 5.58. The van der Waals surface area contributed by atoms with Gasteiger partial charge in [-0.3, -0.25) is 4.79 Å². The van der Waals surface area contributed by atoms with Crippen molar-refractivity contribution in [1.82, 2.24) is 0 Å². The van der Waals surface area contributed by atoms with Crippen molar-refractivity contribution in [3.63, 3.8) is 0 Å². The fourth-order valence-electron chi connectivity index (χ4n) is 1.71. The molecule has 2 nitrogen and oxygen atoms in total. The average Bonchev–Trinajstić information content (AvgIpc) is 2.48. The molecule has 0 radical (unpaired) electrons. The number of para-hydroxylation sites is 1. The van der Waals surface area contributed by atoms with E-state index in [4.69, 9.17) is 0 Å². The Bertz CT molecular complexity index is 675. The zero-order valence-corrected chi connectivity index (χ0v) is 15.7. The summed E-state index contributed by atoms with van der Waals surface area (Å²) >= 11 is 7.21. The number of anilines is 1. The third-order valence-electron chi connectivity index (χ3n) is 2.66. The maximum atomic E-state index is 12.4. The van der Waals surface area contributed by atoms with Crippen molar-refractivity contribution in [3.8, 4) is 0 Å². The van der Waals surface area contributed by atoms with Crippen LogP contribution in [0.1, 0.15) is 10.4 Å². The van der Waals surface area contributed by atoms with E-state index in [1.54, 1.807) is 11.8 Å². The van der Waals surface area contributed by atoms with Gasteiger partial charge in [-0.05, 0) is 52.9 Å². The third kappa shape index (κ3) is 4.59.